The van der Waals surface area contributed by atoms with Crippen LogP contribution in [0, 0.1) is 25.2 Å². The molecule has 0 saturated heterocycles. The third-order valence-corrected chi connectivity index (χ3v) is 4.55. The van der Waals surface area contributed by atoms with Gasteiger partial charge in [0.2, 0.25) is 5.91 Å². The third-order valence-electron chi connectivity index (χ3n) is 4.12. The molecule has 0 saturated carbocycles. The van der Waals surface area contributed by atoms with Gasteiger partial charge in [0, 0.05) is 16.2 Å². The van der Waals surface area contributed by atoms with E-state index in [4.69, 9.17) is 5.26 Å². The summed E-state index contributed by atoms with van der Waals surface area (Å²) in [5, 5.41) is 11.7. The summed E-state index contributed by atoms with van der Waals surface area (Å²) in [6.07, 6.45) is 1.57. The van der Waals surface area contributed by atoms with Crippen molar-refractivity contribution in [1.29, 1.82) is 5.26 Å². The number of aromatic nitrogens is 1. The van der Waals surface area contributed by atoms with Crippen LogP contribution in [0.25, 0.3) is 0 Å². The van der Waals surface area contributed by atoms with Gasteiger partial charge >= 0.3 is 0 Å². The number of aryl methyl sites for hydroxylation is 2. The largest absolute Gasteiger partial charge is 0.348 e. The fourth-order valence-corrected chi connectivity index (χ4v) is 3.07. The van der Waals surface area contributed by atoms with Crippen molar-refractivity contribution in [3.8, 4) is 6.07 Å². The van der Waals surface area contributed by atoms with Crippen LogP contribution in [0.3, 0.4) is 0 Å². The highest BCUT2D eigenvalue weighted by Gasteiger charge is 2.13. The van der Waals surface area contributed by atoms with Gasteiger partial charge in [-0.2, -0.15) is 5.26 Å². The smallest absolute Gasteiger partial charge is 0.255 e. The molecule has 6 heteroatoms. The summed E-state index contributed by atoms with van der Waals surface area (Å²) in [5.41, 5.74) is 3.43. The molecule has 0 unspecified atom stereocenters. The molecule has 0 aliphatic carbocycles. The molecule has 1 heterocycles. The zero-order valence-electron chi connectivity index (χ0n) is 14.5. The lowest BCUT2D eigenvalue weighted by atomic mass is 10.0. The summed E-state index contributed by atoms with van der Waals surface area (Å²) in [7, 11) is 0. The van der Waals surface area contributed by atoms with Crippen LogP contribution in [0.4, 0.5) is 0 Å². The van der Waals surface area contributed by atoms with Crippen LogP contribution in [-0.4, -0.2) is 10.5 Å². The van der Waals surface area contributed by atoms with E-state index in [9.17, 15) is 9.59 Å². The Balaban J connectivity index is 2.13. The fourth-order valence-electron chi connectivity index (χ4n) is 2.55. The van der Waals surface area contributed by atoms with Gasteiger partial charge in [-0.3, -0.25) is 9.59 Å². The maximum Gasteiger partial charge on any atom is 0.255 e. The average Bonchev–Trinajstić information content (AvgIpc) is 2.54. The quantitative estimate of drug-likeness (QED) is 0.835. The van der Waals surface area contributed by atoms with E-state index >= 15 is 0 Å². The van der Waals surface area contributed by atoms with E-state index in [1.54, 1.807) is 12.3 Å². The van der Waals surface area contributed by atoms with E-state index in [-0.39, 0.29) is 30.5 Å². The molecule has 0 fully saturated rings. The molecule has 2 rings (SSSR count). The van der Waals surface area contributed by atoms with Crippen molar-refractivity contribution >= 4 is 21.8 Å². The molecule has 1 aromatic heterocycles. The van der Waals surface area contributed by atoms with E-state index in [0.717, 1.165) is 5.56 Å². The molecule has 1 amide bonds. The van der Waals surface area contributed by atoms with Crippen molar-refractivity contribution in [2.75, 3.05) is 0 Å². The first-order valence-corrected chi connectivity index (χ1v) is 8.73. The fraction of sp³-hybridized carbons (Fsp3) is 0.316. The SMILES string of the molecule is Cc1ccc([C@@H](C)NC(=O)Cn2cc(Br)cc(CC#N)c2=O)cc1C. The zero-order valence-corrected chi connectivity index (χ0v) is 16.1. The minimum absolute atomic E-state index is 0.0128. The number of nitrogens with one attached hydrogen (secondary N) is 1. The van der Waals surface area contributed by atoms with Crippen LogP contribution in [-0.2, 0) is 17.8 Å². The van der Waals surface area contributed by atoms with Crippen molar-refractivity contribution in [3.63, 3.8) is 0 Å². The van der Waals surface area contributed by atoms with Gasteiger partial charge < -0.3 is 9.88 Å². The van der Waals surface area contributed by atoms with Gasteiger partial charge in [0.25, 0.3) is 5.56 Å². The molecule has 1 aromatic carbocycles. The number of carbonyl (C=O) groups excluding carboxylic acids is 1. The molecule has 5 nitrogen and oxygen atoms in total. The second-order valence-corrected chi connectivity index (χ2v) is 7.00. The second kappa shape index (κ2) is 8.13. The molecular formula is C19H20BrN3O2. The first-order valence-electron chi connectivity index (χ1n) is 7.94. The van der Waals surface area contributed by atoms with Crippen LogP contribution >= 0.6 is 15.9 Å². The Morgan fingerprint density at radius 1 is 1.32 bits per heavy atom. The molecule has 0 spiro atoms. The molecule has 0 aliphatic heterocycles. The van der Waals surface area contributed by atoms with E-state index in [1.807, 2.05) is 39.0 Å². The van der Waals surface area contributed by atoms with Crippen molar-refractivity contribution in [3.05, 3.63) is 67.5 Å². The first kappa shape index (κ1) is 18.9. The lowest BCUT2D eigenvalue weighted by Gasteiger charge is -2.16. The predicted molar refractivity (Wildman–Crippen MR) is 100 cm³/mol. The maximum atomic E-state index is 12.3. The lowest BCUT2D eigenvalue weighted by molar-refractivity contribution is -0.122. The molecule has 1 atom stereocenters. The van der Waals surface area contributed by atoms with Gasteiger partial charge in [-0.05, 0) is 59.5 Å². The van der Waals surface area contributed by atoms with E-state index in [0.29, 0.717) is 10.0 Å². The molecule has 25 heavy (non-hydrogen) atoms. The number of halogens is 1. The van der Waals surface area contributed by atoms with Gasteiger partial charge in [-0.1, -0.05) is 18.2 Å². The number of nitrogens with zero attached hydrogens (tertiary/aromatic N) is 2. The molecule has 0 bridgehead atoms. The zero-order chi connectivity index (χ0) is 18.6. The minimum atomic E-state index is -0.321. The van der Waals surface area contributed by atoms with Crippen molar-refractivity contribution in [2.24, 2.45) is 0 Å². The number of hydrogen-bond acceptors (Lipinski definition) is 3. The van der Waals surface area contributed by atoms with Crippen molar-refractivity contribution in [2.45, 2.75) is 39.8 Å². The molecule has 0 radical (unpaired) electrons. The Morgan fingerprint density at radius 2 is 2.04 bits per heavy atom. The van der Waals surface area contributed by atoms with Gasteiger partial charge in [-0.25, -0.2) is 0 Å². The Kier molecular flexibility index (Phi) is 6.16. The Hall–Kier alpha value is -2.39. The minimum Gasteiger partial charge on any atom is -0.348 e. The van der Waals surface area contributed by atoms with E-state index in [2.05, 4.69) is 27.3 Å². The Labute approximate surface area is 155 Å². The number of carbonyl (C=O) groups is 1. The summed E-state index contributed by atoms with van der Waals surface area (Å²) in [4.78, 5) is 24.6. The number of amides is 1. The van der Waals surface area contributed by atoms with Crippen LogP contribution < -0.4 is 10.9 Å². The highest BCUT2D eigenvalue weighted by atomic mass is 79.9. The number of pyridine rings is 1. The molecule has 130 valence electrons. The summed E-state index contributed by atoms with van der Waals surface area (Å²) >= 11 is 3.31. The molecule has 0 aliphatic rings. The van der Waals surface area contributed by atoms with E-state index in [1.165, 1.54) is 15.7 Å². The normalized spacial score (nSPS) is 11.6. The monoisotopic (exact) mass is 401 g/mol. The number of hydrogen-bond donors (Lipinski definition) is 1. The summed E-state index contributed by atoms with van der Waals surface area (Å²) in [6.45, 7) is 5.89. The third kappa shape index (κ3) is 4.80. The van der Waals surface area contributed by atoms with Gasteiger partial charge in [-0.15, -0.1) is 0 Å². The van der Waals surface area contributed by atoms with Crippen LogP contribution in [0.15, 0.2) is 39.7 Å². The van der Waals surface area contributed by atoms with Crippen LogP contribution in [0.1, 0.15) is 35.2 Å². The van der Waals surface area contributed by atoms with Crippen molar-refractivity contribution < 1.29 is 4.79 Å². The Morgan fingerprint density at radius 3 is 2.68 bits per heavy atom. The van der Waals surface area contributed by atoms with E-state index < -0.39 is 0 Å². The topological polar surface area (TPSA) is 74.9 Å². The highest BCUT2D eigenvalue weighted by molar-refractivity contribution is 9.10. The summed E-state index contributed by atoms with van der Waals surface area (Å²) in [5.74, 6) is -0.256. The maximum absolute atomic E-state index is 12.3. The average molecular weight is 402 g/mol. The van der Waals surface area contributed by atoms with Gasteiger partial charge in [0.1, 0.15) is 6.54 Å². The Bertz CT molecular complexity index is 897. The number of nitriles is 1. The second-order valence-electron chi connectivity index (χ2n) is 6.08. The number of rotatable bonds is 5. The standard InChI is InChI=1S/C19H20BrN3O2/c1-12-4-5-15(8-13(12)2)14(3)22-18(24)11-23-10-17(20)9-16(6-7-21)19(23)25/h4-5,8-10,14H,6,11H2,1-3H3,(H,22,24)/t14-/m1/s1. The van der Waals surface area contributed by atoms with Crippen LogP contribution in [0.5, 0.6) is 0 Å². The molecule has 2 aromatic rings. The van der Waals surface area contributed by atoms with Gasteiger partial charge in [0.05, 0.1) is 18.5 Å². The summed E-state index contributed by atoms with van der Waals surface area (Å²) < 4.78 is 1.98. The first-order chi connectivity index (χ1) is 11.8. The molecular weight excluding hydrogens is 382 g/mol. The van der Waals surface area contributed by atoms with Crippen molar-refractivity contribution in [1.82, 2.24) is 9.88 Å². The highest BCUT2D eigenvalue weighted by Crippen LogP contribution is 2.16. The lowest BCUT2D eigenvalue weighted by Crippen LogP contribution is -2.34. The summed E-state index contributed by atoms with van der Waals surface area (Å²) in [6, 6.07) is 9.48. The van der Waals surface area contributed by atoms with Gasteiger partial charge in [0.15, 0.2) is 0 Å². The molecule has 1 N–H and O–H groups in total. The predicted octanol–water partition coefficient (Wildman–Crippen LogP) is 3.17. The number of benzene rings is 1. The van der Waals surface area contributed by atoms with Crippen LogP contribution in [0.2, 0.25) is 0 Å².